The largest absolute Gasteiger partial charge is 0.350 e. The molecular formula is C16H19NOS2. The summed E-state index contributed by atoms with van der Waals surface area (Å²) in [6.07, 6.45) is 0. The molecule has 2 nitrogen and oxygen atoms in total. The van der Waals surface area contributed by atoms with Crippen molar-refractivity contribution in [3.8, 4) is 0 Å². The van der Waals surface area contributed by atoms with E-state index in [2.05, 4.69) is 37.4 Å². The van der Waals surface area contributed by atoms with Gasteiger partial charge in [-0.2, -0.15) is 0 Å². The zero-order valence-corrected chi connectivity index (χ0v) is 13.4. The first kappa shape index (κ1) is 15.1. The minimum absolute atomic E-state index is 0.104. The van der Waals surface area contributed by atoms with E-state index < -0.39 is 0 Å². The number of hydrogen-bond acceptors (Lipinski definition) is 3. The van der Waals surface area contributed by atoms with Gasteiger partial charge in [-0.1, -0.05) is 35.4 Å². The van der Waals surface area contributed by atoms with Crippen molar-refractivity contribution in [2.24, 2.45) is 0 Å². The summed E-state index contributed by atoms with van der Waals surface area (Å²) >= 11 is 3.33. The van der Waals surface area contributed by atoms with Crippen LogP contribution in [0.3, 0.4) is 0 Å². The molecule has 106 valence electrons. The maximum Gasteiger partial charge on any atom is 0.230 e. The van der Waals surface area contributed by atoms with Crippen LogP contribution < -0.4 is 5.32 Å². The molecule has 0 aliphatic rings. The van der Waals surface area contributed by atoms with E-state index in [1.807, 2.05) is 17.5 Å². The van der Waals surface area contributed by atoms with Gasteiger partial charge >= 0.3 is 0 Å². The summed E-state index contributed by atoms with van der Waals surface area (Å²) in [5.74, 6) is 1.50. The SMILES string of the molecule is Cc1cc(C)cc(CSCC(=O)NCc2cccs2)c1. The van der Waals surface area contributed by atoms with Gasteiger partial charge in [0.15, 0.2) is 0 Å². The number of rotatable bonds is 6. The minimum atomic E-state index is 0.104. The quantitative estimate of drug-likeness (QED) is 0.876. The van der Waals surface area contributed by atoms with Gasteiger partial charge < -0.3 is 5.32 Å². The molecule has 0 radical (unpaired) electrons. The molecule has 0 atom stereocenters. The van der Waals surface area contributed by atoms with Crippen molar-refractivity contribution in [1.82, 2.24) is 5.32 Å². The van der Waals surface area contributed by atoms with Crippen molar-refractivity contribution in [2.75, 3.05) is 5.75 Å². The molecule has 0 bridgehead atoms. The normalized spacial score (nSPS) is 10.5. The van der Waals surface area contributed by atoms with Gasteiger partial charge in [-0.3, -0.25) is 4.79 Å². The second-order valence-corrected chi connectivity index (χ2v) is 6.86. The summed E-state index contributed by atoms with van der Waals surface area (Å²) in [5.41, 5.74) is 3.85. The summed E-state index contributed by atoms with van der Waals surface area (Å²) in [6, 6.07) is 10.6. The van der Waals surface area contributed by atoms with Crippen LogP contribution in [0.4, 0.5) is 0 Å². The number of amides is 1. The van der Waals surface area contributed by atoms with Crippen molar-refractivity contribution >= 4 is 29.0 Å². The molecule has 0 saturated heterocycles. The first-order chi connectivity index (χ1) is 9.63. The first-order valence-corrected chi connectivity index (χ1v) is 8.61. The molecule has 0 spiro atoms. The lowest BCUT2D eigenvalue weighted by molar-refractivity contribution is -0.118. The lowest BCUT2D eigenvalue weighted by Crippen LogP contribution is -2.24. The molecule has 20 heavy (non-hydrogen) atoms. The third-order valence-corrected chi connectivity index (χ3v) is 4.70. The van der Waals surface area contributed by atoms with Gasteiger partial charge in [0.25, 0.3) is 0 Å². The standard InChI is InChI=1S/C16H19NOS2/c1-12-6-13(2)8-14(7-12)10-19-11-16(18)17-9-15-4-3-5-20-15/h3-8H,9-11H2,1-2H3,(H,17,18). The number of hydrogen-bond donors (Lipinski definition) is 1. The highest BCUT2D eigenvalue weighted by atomic mass is 32.2. The summed E-state index contributed by atoms with van der Waals surface area (Å²) in [6.45, 7) is 4.85. The predicted molar refractivity (Wildman–Crippen MR) is 88.2 cm³/mol. The Morgan fingerprint density at radius 1 is 1.25 bits per heavy atom. The Labute approximate surface area is 128 Å². The molecule has 1 amide bonds. The zero-order valence-electron chi connectivity index (χ0n) is 11.8. The van der Waals surface area contributed by atoms with Crippen molar-refractivity contribution in [2.45, 2.75) is 26.1 Å². The van der Waals surface area contributed by atoms with Crippen molar-refractivity contribution in [1.29, 1.82) is 0 Å². The third kappa shape index (κ3) is 5.02. The minimum Gasteiger partial charge on any atom is -0.350 e. The van der Waals surface area contributed by atoms with E-state index >= 15 is 0 Å². The maximum absolute atomic E-state index is 11.7. The summed E-state index contributed by atoms with van der Waals surface area (Å²) in [5, 5.41) is 4.97. The fourth-order valence-electron chi connectivity index (χ4n) is 2.06. The highest BCUT2D eigenvalue weighted by molar-refractivity contribution is 7.99. The number of thioether (sulfide) groups is 1. The van der Waals surface area contributed by atoms with Gasteiger partial charge in [0, 0.05) is 10.6 Å². The molecule has 2 aromatic rings. The Hall–Kier alpha value is -1.26. The van der Waals surface area contributed by atoms with Crippen LogP contribution in [0.1, 0.15) is 21.6 Å². The smallest absolute Gasteiger partial charge is 0.230 e. The lowest BCUT2D eigenvalue weighted by atomic mass is 10.1. The van der Waals surface area contributed by atoms with Gasteiger partial charge in [-0.05, 0) is 30.9 Å². The fourth-order valence-corrected chi connectivity index (χ4v) is 3.50. The van der Waals surface area contributed by atoms with Crippen molar-refractivity contribution in [3.05, 3.63) is 57.3 Å². The van der Waals surface area contributed by atoms with E-state index in [4.69, 9.17) is 0 Å². The summed E-state index contributed by atoms with van der Waals surface area (Å²) in [7, 11) is 0. The number of benzene rings is 1. The first-order valence-electron chi connectivity index (χ1n) is 6.57. The second kappa shape index (κ2) is 7.50. The van der Waals surface area contributed by atoms with Crippen LogP contribution in [0.2, 0.25) is 0 Å². The lowest BCUT2D eigenvalue weighted by Gasteiger charge is -2.06. The molecule has 1 aromatic carbocycles. The molecule has 0 fully saturated rings. The van der Waals surface area contributed by atoms with Crippen molar-refractivity contribution < 1.29 is 4.79 Å². The van der Waals surface area contributed by atoms with Crippen LogP contribution in [0.5, 0.6) is 0 Å². The maximum atomic E-state index is 11.7. The van der Waals surface area contributed by atoms with E-state index in [9.17, 15) is 4.79 Å². The van der Waals surface area contributed by atoms with Crippen LogP contribution in [0.25, 0.3) is 0 Å². The Kier molecular flexibility index (Phi) is 5.68. The number of carbonyl (C=O) groups excluding carboxylic acids is 1. The van der Waals surface area contributed by atoms with Crippen LogP contribution >= 0.6 is 23.1 Å². The zero-order chi connectivity index (χ0) is 14.4. The molecule has 4 heteroatoms. The third-order valence-electron chi connectivity index (χ3n) is 2.82. The van der Waals surface area contributed by atoms with E-state index in [1.54, 1.807) is 23.1 Å². The highest BCUT2D eigenvalue weighted by Gasteiger charge is 2.03. The molecular weight excluding hydrogens is 286 g/mol. The van der Waals surface area contributed by atoms with Crippen LogP contribution in [-0.4, -0.2) is 11.7 Å². The van der Waals surface area contributed by atoms with Gasteiger partial charge in [0.1, 0.15) is 0 Å². The Morgan fingerprint density at radius 3 is 2.65 bits per heavy atom. The average molecular weight is 305 g/mol. The molecule has 0 aliphatic heterocycles. The number of thiophene rings is 1. The van der Waals surface area contributed by atoms with Gasteiger partial charge in [-0.25, -0.2) is 0 Å². The van der Waals surface area contributed by atoms with Gasteiger partial charge in [-0.15, -0.1) is 23.1 Å². The predicted octanol–water partition coefficient (Wildman–Crippen LogP) is 3.91. The number of nitrogens with one attached hydrogen (secondary N) is 1. The Bertz CT molecular complexity index is 544. The molecule has 2 rings (SSSR count). The van der Waals surface area contributed by atoms with Crippen LogP contribution in [-0.2, 0) is 17.1 Å². The van der Waals surface area contributed by atoms with E-state index in [0.717, 1.165) is 5.75 Å². The highest BCUT2D eigenvalue weighted by Crippen LogP contribution is 2.15. The summed E-state index contributed by atoms with van der Waals surface area (Å²) in [4.78, 5) is 12.9. The molecule has 1 N–H and O–H groups in total. The molecule has 0 aliphatic carbocycles. The molecule has 1 aromatic heterocycles. The average Bonchev–Trinajstić information content (AvgIpc) is 2.88. The molecule has 1 heterocycles. The van der Waals surface area contributed by atoms with E-state index in [1.165, 1.54) is 21.6 Å². The number of aryl methyl sites for hydroxylation is 2. The van der Waals surface area contributed by atoms with E-state index in [-0.39, 0.29) is 5.91 Å². The van der Waals surface area contributed by atoms with E-state index in [0.29, 0.717) is 12.3 Å². The van der Waals surface area contributed by atoms with Crippen molar-refractivity contribution in [3.63, 3.8) is 0 Å². The second-order valence-electron chi connectivity index (χ2n) is 4.84. The summed E-state index contributed by atoms with van der Waals surface area (Å²) < 4.78 is 0. The Balaban J connectivity index is 1.71. The topological polar surface area (TPSA) is 29.1 Å². The monoisotopic (exact) mass is 305 g/mol. The van der Waals surface area contributed by atoms with Crippen LogP contribution in [0, 0.1) is 13.8 Å². The van der Waals surface area contributed by atoms with Gasteiger partial charge in [0.05, 0.1) is 12.3 Å². The van der Waals surface area contributed by atoms with Gasteiger partial charge in [0.2, 0.25) is 5.91 Å². The number of carbonyl (C=O) groups is 1. The molecule has 0 saturated carbocycles. The van der Waals surface area contributed by atoms with Crippen LogP contribution in [0.15, 0.2) is 35.7 Å². The fraction of sp³-hybridized carbons (Fsp3) is 0.312. The molecule has 0 unspecified atom stereocenters. The Morgan fingerprint density at radius 2 is 2.00 bits per heavy atom.